The third kappa shape index (κ3) is 17.4. The molecule has 4 radical (unpaired) electrons. The van der Waals surface area contributed by atoms with Gasteiger partial charge < -0.3 is 0 Å². The second-order valence-electron chi connectivity index (χ2n) is 40.9. The van der Waals surface area contributed by atoms with Crippen LogP contribution in [0.1, 0.15) is 96.1 Å². The Bertz CT molecular complexity index is 2730. The fourth-order valence-corrected chi connectivity index (χ4v) is 117. The Kier molecular flexibility index (Phi) is 23.9. The maximum atomic E-state index is 3.07. The second kappa shape index (κ2) is 26.5. The van der Waals surface area contributed by atoms with Crippen molar-refractivity contribution in [2.45, 2.75) is 276 Å². The van der Waals surface area contributed by atoms with Crippen molar-refractivity contribution in [3.05, 3.63) is 138 Å². The fourth-order valence-electron chi connectivity index (χ4n) is 20.8. The van der Waals surface area contributed by atoms with Gasteiger partial charge in [0.15, 0.2) is 0 Å². The topological polar surface area (TPSA) is 0 Å². The molecule has 0 saturated carbocycles. The van der Waals surface area contributed by atoms with Crippen molar-refractivity contribution in [3.8, 4) is 0 Å². The van der Waals surface area contributed by atoms with Gasteiger partial charge >= 0.3 is 561 Å². The molecule has 6 rings (SSSR count). The average Bonchev–Trinajstić information content (AvgIpc) is 0.755. The molecule has 2 unspecified atom stereocenters. The monoisotopic (exact) mass is 1560 g/mol. The molecule has 4 aromatic carbocycles. The van der Waals surface area contributed by atoms with Crippen molar-refractivity contribution in [2.75, 3.05) is 0 Å². The van der Waals surface area contributed by atoms with Crippen molar-refractivity contribution in [1.29, 1.82) is 0 Å². The minimum atomic E-state index is -2.63. The van der Waals surface area contributed by atoms with E-state index in [-0.39, 0.29) is 17.1 Å². The van der Waals surface area contributed by atoms with Crippen molar-refractivity contribution in [2.24, 2.45) is 0 Å². The van der Waals surface area contributed by atoms with E-state index in [1.54, 1.807) is 22.3 Å². The Morgan fingerprint density at radius 3 is 0.632 bits per heavy atom. The van der Waals surface area contributed by atoms with E-state index in [1.165, 1.54) is 11.1 Å². The summed E-state index contributed by atoms with van der Waals surface area (Å²) in [6.07, 6.45) is 5.49. The molecule has 4 aromatic rings. The molecular weight excluding hydrogens is 1430 g/mol. The molecule has 0 fully saturated rings. The summed E-state index contributed by atoms with van der Waals surface area (Å²) in [5, 5.41) is 4.05. The van der Waals surface area contributed by atoms with Crippen molar-refractivity contribution >= 4 is 164 Å². The van der Waals surface area contributed by atoms with Gasteiger partial charge in [0.1, 0.15) is 0 Å². The predicted octanol–water partition coefficient (Wildman–Crippen LogP) is 22.2. The van der Waals surface area contributed by atoms with Crippen LogP contribution in [0.2, 0.25) is 236 Å². The minimum absolute atomic E-state index is 0. The third-order valence-corrected chi connectivity index (χ3v) is 89.7. The minimum Gasteiger partial charge on any atom is 0 e. The van der Waals surface area contributed by atoms with Crippen LogP contribution in [-0.2, 0) is 0 Å². The van der Waals surface area contributed by atoms with Crippen LogP contribution in [-0.4, -0.2) is 143 Å². The molecule has 87 heavy (non-hydrogen) atoms. The summed E-state index contributed by atoms with van der Waals surface area (Å²) in [4.78, 5) is 6.13. The number of fused-ring (bicyclic) bond motifs is 2. The molecule has 2 heterocycles. The number of benzene rings is 4. The normalized spacial score (nSPS) is 17.8. The van der Waals surface area contributed by atoms with Gasteiger partial charge in [0.2, 0.25) is 0 Å². The van der Waals surface area contributed by atoms with Crippen molar-refractivity contribution < 1.29 is 0 Å². The molecule has 0 nitrogen and oxygen atoms in total. The summed E-state index contributed by atoms with van der Waals surface area (Å²) in [5.41, 5.74) is 17.7. The largest absolute Gasteiger partial charge is 0 e. The summed E-state index contributed by atoms with van der Waals surface area (Å²) in [5.74, 6) is 0. The Balaban J connectivity index is 0.0000138. The number of hydrogen-bond acceptors (Lipinski definition) is 0. The molecule has 0 saturated heterocycles. The summed E-state index contributed by atoms with van der Waals surface area (Å²) < 4.78 is 4.92. The van der Waals surface area contributed by atoms with E-state index >= 15 is 0 Å². The van der Waals surface area contributed by atoms with Gasteiger partial charge in [0, 0.05) is 17.1 Å². The second-order valence-corrected chi connectivity index (χ2v) is 118. The molecule has 0 aliphatic carbocycles. The molecule has 0 aromatic heterocycles. The first-order valence-corrected chi connectivity index (χ1v) is 83.8. The molecule has 0 amide bonds. The van der Waals surface area contributed by atoms with Crippen molar-refractivity contribution in [1.82, 2.24) is 0 Å². The van der Waals surface area contributed by atoms with Gasteiger partial charge in [-0.1, -0.05) is 0 Å². The van der Waals surface area contributed by atoms with Crippen LogP contribution in [0.25, 0.3) is 12.2 Å². The van der Waals surface area contributed by atoms with E-state index in [9.17, 15) is 0 Å². The van der Waals surface area contributed by atoms with E-state index in [4.69, 9.17) is 0 Å². The standard InChI is InChI=1S/C72H132Ge2Si12.Se/c1-75(2,3)67(76(4,5)6)55-49-59(69(79(13,14)15)80(16,17)18)63(60(50-55)70(81(19,20)21)82(22,23)24)73-47-45-53-41-37-39-43-57(53)65(73)66-58-44-40-38-42-54(58)46-48-74(66)64-61(71(83(25,26)27)84(28,29)30)51-56(68(77(7,8)9)78(10,11)12)52-62(64)72(85(31,32)33)86(34,35)36;/h37-52,65-72H,1-36H3;. The van der Waals surface area contributed by atoms with Gasteiger partial charge in [-0.3, -0.25) is 0 Å². The zero-order valence-electron chi connectivity index (χ0n) is 63.3. The smallest absolute Gasteiger partial charge is 0 e. The van der Waals surface area contributed by atoms with Gasteiger partial charge in [-0.15, -0.1) is 0 Å². The molecule has 0 spiro atoms. The third-order valence-electron chi connectivity index (χ3n) is 19.9. The van der Waals surface area contributed by atoms with Gasteiger partial charge in [-0.2, -0.15) is 0 Å². The van der Waals surface area contributed by atoms with Crippen LogP contribution < -0.4 is 8.79 Å². The summed E-state index contributed by atoms with van der Waals surface area (Å²) in [6.45, 7) is 100. The average molecular weight is 1560 g/mol. The van der Waals surface area contributed by atoms with Crippen molar-refractivity contribution in [3.63, 3.8) is 0 Å². The van der Waals surface area contributed by atoms with E-state index in [0.717, 1.165) is 0 Å². The molecular formula is C72H132Ge2SeSi12. The van der Waals surface area contributed by atoms with Crippen LogP contribution >= 0.6 is 0 Å². The van der Waals surface area contributed by atoms with E-state index < -0.39 is 126 Å². The Labute approximate surface area is 572 Å². The van der Waals surface area contributed by atoms with Gasteiger partial charge in [-0.05, 0) is 0 Å². The Morgan fingerprint density at radius 2 is 0.448 bits per heavy atom. The molecule has 2 aliphatic heterocycles. The van der Waals surface area contributed by atoms with E-state index in [1.807, 2.05) is 31.0 Å². The zero-order chi connectivity index (χ0) is 66.0. The van der Waals surface area contributed by atoms with E-state index in [0.29, 0.717) is 40.5 Å². The van der Waals surface area contributed by atoms with Gasteiger partial charge in [-0.25, -0.2) is 0 Å². The van der Waals surface area contributed by atoms with Gasteiger partial charge in [0.05, 0.1) is 0 Å². The molecule has 482 valence electrons. The number of rotatable bonds is 21. The first-order chi connectivity index (χ1) is 38.3. The van der Waals surface area contributed by atoms with Crippen LogP contribution in [0.4, 0.5) is 0 Å². The predicted molar refractivity (Wildman–Crippen MR) is 442 cm³/mol. The quantitative estimate of drug-likeness (QED) is 0.0730. The van der Waals surface area contributed by atoms with Crippen LogP contribution in [0, 0.1) is 0 Å². The maximum absolute atomic E-state index is 3.07. The Hall–Kier alpha value is 0.568. The van der Waals surface area contributed by atoms with Crippen LogP contribution in [0.15, 0.2) is 82.6 Å². The van der Waals surface area contributed by atoms with E-state index in [2.05, 4.69) is 330 Å². The fraction of sp³-hybridized carbons (Fsp3) is 0.611. The summed E-state index contributed by atoms with van der Waals surface area (Å²) in [6, 6.07) is 32.6. The molecule has 0 N–H and O–H groups in total. The zero-order valence-corrected chi connectivity index (χ0v) is 81.2. The molecule has 15 heteroatoms. The van der Waals surface area contributed by atoms with Crippen LogP contribution in [0.5, 0.6) is 0 Å². The molecule has 0 bridgehead atoms. The Morgan fingerprint density at radius 1 is 0.264 bits per heavy atom. The maximum Gasteiger partial charge on any atom is 0 e. The molecule has 2 aliphatic rings. The van der Waals surface area contributed by atoms with Gasteiger partial charge in [0.25, 0.3) is 0 Å². The first kappa shape index (κ1) is 78.3. The first-order valence-electron chi connectivity index (χ1n) is 34.0. The number of hydrogen-bond donors (Lipinski definition) is 0. The SMILES string of the molecule is C[Si](C)(C)C(c1cc(C([Si](C)(C)C)[Si](C)(C)C)[c]([Ge]2[CH]=Cc3ccccc3[CH]2[CH]2c3ccccc3C=[CH][Ge]2[c]2c(C([Si](C)(C)C)[Si](C)(C)C)cc(C([Si](C)(C)C)[Si](C)(C)C)cc2C([Si](C)(C)C)[Si](C)(C)C)c(C([Si](C)(C)C)[Si](C)(C)C)c1)[Si](C)(C)C.[Se]. The van der Waals surface area contributed by atoms with Crippen LogP contribution in [0.3, 0.4) is 0 Å². The summed E-state index contributed by atoms with van der Waals surface area (Å²) >= 11 is -5.25. The summed E-state index contributed by atoms with van der Waals surface area (Å²) in [7, 11) is -21.5. The molecule has 2 atom stereocenters.